The van der Waals surface area contributed by atoms with E-state index in [1.807, 2.05) is 0 Å². The predicted octanol–water partition coefficient (Wildman–Crippen LogP) is 3.40. The van der Waals surface area contributed by atoms with Crippen molar-refractivity contribution in [1.82, 2.24) is 9.97 Å². The zero-order chi connectivity index (χ0) is 12.4. The van der Waals surface area contributed by atoms with E-state index < -0.39 is 0 Å². The van der Waals surface area contributed by atoms with Crippen LogP contribution >= 0.6 is 46.1 Å². The van der Waals surface area contributed by atoms with Crippen LogP contribution in [0, 0.1) is 0 Å². The van der Waals surface area contributed by atoms with Gasteiger partial charge >= 0.3 is 4.87 Å². The van der Waals surface area contributed by atoms with Crippen LogP contribution in [-0.4, -0.2) is 9.97 Å². The van der Waals surface area contributed by atoms with E-state index >= 15 is 0 Å². The van der Waals surface area contributed by atoms with Crippen molar-refractivity contribution in [1.29, 1.82) is 0 Å². The standard InChI is InChI=1S/C9H6Cl3N3OS/c10-5-1-6(11)8(15-7(5)12)13-2-4-3-17-9(16)14-4/h1,3H,2H2,(H,13,15)(H,14,16). The number of anilines is 1. The van der Waals surface area contributed by atoms with Gasteiger partial charge in [-0.1, -0.05) is 46.1 Å². The summed E-state index contributed by atoms with van der Waals surface area (Å²) in [4.78, 5) is 17.5. The third kappa shape index (κ3) is 3.13. The third-order valence-electron chi connectivity index (χ3n) is 1.90. The molecule has 0 saturated heterocycles. The number of pyridine rings is 1. The molecular formula is C9H6Cl3N3OS. The van der Waals surface area contributed by atoms with Gasteiger partial charge in [0.05, 0.1) is 16.6 Å². The second-order valence-electron chi connectivity index (χ2n) is 3.12. The SMILES string of the molecule is O=c1[nH]c(CNc2nc(Cl)c(Cl)cc2Cl)cs1. The smallest absolute Gasteiger partial charge is 0.304 e. The number of hydrogen-bond donors (Lipinski definition) is 2. The van der Waals surface area contributed by atoms with Crippen LogP contribution in [0.2, 0.25) is 15.2 Å². The maximum Gasteiger partial charge on any atom is 0.304 e. The van der Waals surface area contributed by atoms with E-state index in [2.05, 4.69) is 15.3 Å². The van der Waals surface area contributed by atoms with Gasteiger partial charge in [-0.15, -0.1) is 0 Å². The summed E-state index contributed by atoms with van der Waals surface area (Å²) in [5, 5.41) is 5.53. The maximum absolute atomic E-state index is 10.9. The number of nitrogens with one attached hydrogen (secondary N) is 2. The molecule has 0 saturated carbocycles. The number of aromatic amines is 1. The Kier molecular flexibility index (Phi) is 3.93. The topological polar surface area (TPSA) is 57.8 Å². The molecule has 17 heavy (non-hydrogen) atoms. The fourth-order valence-electron chi connectivity index (χ4n) is 1.15. The van der Waals surface area contributed by atoms with Gasteiger partial charge in [0.2, 0.25) is 0 Å². The van der Waals surface area contributed by atoms with Crippen LogP contribution in [0.15, 0.2) is 16.2 Å². The fraction of sp³-hybridized carbons (Fsp3) is 0.111. The highest BCUT2D eigenvalue weighted by atomic mass is 35.5. The van der Waals surface area contributed by atoms with Crippen molar-refractivity contribution in [2.45, 2.75) is 6.54 Å². The lowest BCUT2D eigenvalue weighted by molar-refractivity contribution is 1.04. The van der Waals surface area contributed by atoms with Crippen LogP contribution in [0.4, 0.5) is 5.82 Å². The Balaban J connectivity index is 2.14. The fourth-order valence-corrected chi connectivity index (χ4v) is 2.29. The Labute approximate surface area is 116 Å². The van der Waals surface area contributed by atoms with Crippen molar-refractivity contribution in [2.75, 3.05) is 5.32 Å². The lowest BCUT2D eigenvalue weighted by Gasteiger charge is -2.07. The highest BCUT2D eigenvalue weighted by Crippen LogP contribution is 2.28. The van der Waals surface area contributed by atoms with E-state index in [1.54, 1.807) is 5.38 Å². The van der Waals surface area contributed by atoms with E-state index in [9.17, 15) is 4.79 Å². The molecule has 2 rings (SSSR count). The molecule has 0 amide bonds. The molecule has 0 aliphatic heterocycles. The molecule has 8 heteroatoms. The highest BCUT2D eigenvalue weighted by molar-refractivity contribution is 7.07. The van der Waals surface area contributed by atoms with Crippen molar-refractivity contribution < 1.29 is 0 Å². The van der Waals surface area contributed by atoms with Crippen LogP contribution in [-0.2, 0) is 6.54 Å². The first kappa shape index (κ1) is 12.7. The highest BCUT2D eigenvalue weighted by Gasteiger charge is 2.07. The van der Waals surface area contributed by atoms with Gasteiger partial charge in [0.1, 0.15) is 11.0 Å². The van der Waals surface area contributed by atoms with Crippen molar-refractivity contribution in [3.05, 3.63) is 42.0 Å². The first-order valence-corrected chi connectivity index (χ1v) is 6.49. The number of halogens is 3. The molecule has 0 aliphatic rings. The van der Waals surface area contributed by atoms with Gasteiger partial charge < -0.3 is 10.3 Å². The average molecular weight is 311 g/mol. The molecule has 2 aromatic heterocycles. The Bertz CT molecular complexity index is 595. The van der Waals surface area contributed by atoms with Crippen LogP contribution < -0.4 is 10.2 Å². The molecule has 0 atom stereocenters. The van der Waals surface area contributed by atoms with Crippen LogP contribution in [0.1, 0.15) is 5.69 Å². The molecule has 4 nitrogen and oxygen atoms in total. The number of H-pyrrole nitrogens is 1. The molecular weight excluding hydrogens is 305 g/mol. The van der Waals surface area contributed by atoms with Gasteiger partial charge in [0.25, 0.3) is 0 Å². The number of rotatable bonds is 3. The van der Waals surface area contributed by atoms with Gasteiger partial charge in [-0.2, -0.15) is 0 Å². The Morgan fingerprint density at radius 3 is 2.76 bits per heavy atom. The number of hydrogen-bond acceptors (Lipinski definition) is 4. The summed E-state index contributed by atoms with van der Waals surface area (Å²) >= 11 is 18.6. The quantitative estimate of drug-likeness (QED) is 0.854. The molecule has 0 aliphatic carbocycles. The summed E-state index contributed by atoms with van der Waals surface area (Å²) < 4.78 is 0. The van der Waals surface area contributed by atoms with Crippen LogP contribution in [0.25, 0.3) is 0 Å². The summed E-state index contributed by atoms with van der Waals surface area (Å²) in [5.41, 5.74) is 0.754. The second-order valence-corrected chi connectivity index (χ2v) is 5.13. The summed E-state index contributed by atoms with van der Waals surface area (Å²) in [5.74, 6) is 0.424. The number of aromatic nitrogens is 2. The zero-order valence-corrected chi connectivity index (χ0v) is 11.3. The Morgan fingerprint density at radius 2 is 2.12 bits per heavy atom. The maximum atomic E-state index is 10.9. The van der Waals surface area contributed by atoms with Gasteiger partial charge in [-0.3, -0.25) is 4.79 Å². The molecule has 0 aromatic carbocycles. The summed E-state index contributed by atoms with van der Waals surface area (Å²) in [7, 11) is 0. The van der Waals surface area contributed by atoms with Gasteiger partial charge in [0, 0.05) is 11.1 Å². The summed E-state index contributed by atoms with van der Waals surface area (Å²) in [6.07, 6.45) is 0. The molecule has 0 spiro atoms. The lowest BCUT2D eigenvalue weighted by atomic mass is 10.4. The molecule has 90 valence electrons. The summed E-state index contributed by atoms with van der Waals surface area (Å²) in [6, 6.07) is 1.51. The van der Waals surface area contributed by atoms with E-state index in [1.165, 1.54) is 6.07 Å². The molecule has 0 unspecified atom stereocenters. The normalized spacial score (nSPS) is 10.5. The first-order chi connectivity index (χ1) is 8.06. The van der Waals surface area contributed by atoms with Gasteiger partial charge in [-0.05, 0) is 6.07 Å². The molecule has 2 heterocycles. The molecule has 0 bridgehead atoms. The molecule has 2 aromatic rings. The first-order valence-electron chi connectivity index (χ1n) is 4.48. The molecule has 0 radical (unpaired) electrons. The van der Waals surface area contributed by atoms with Crippen molar-refractivity contribution >= 4 is 52.0 Å². The third-order valence-corrected chi connectivity index (χ3v) is 3.58. The minimum absolute atomic E-state index is 0.102. The summed E-state index contributed by atoms with van der Waals surface area (Å²) in [6.45, 7) is 0.406. The molecule has 2 N–H and O–H groups in total. The van der Waals surface area contributed by atoms with Crippen LogP contribution in [0.5, 0.6) is 0 Å². The van der Waals surface area contributed by atoms with Gasteiger partial charge in [-0.25, -0.2) is 4.98 Å². The minimum atomic E-state index is -0.102. The van der Waals surface area contributed by atoms with Crippen molar-refractivity contribution in [2.24, 2.45) is 0 Å². The van der Waals surface area contributed by atoms with E-state index in [-0.39, 0.29) is 10.0 Å². The second kappa shape index (κ2) is 5.27. The lowest BCUT2D eigenvalue weighted by Crippen LogP contribution is -2.04. The number of nitrogens with zero attached hydrogens (tertiary/aromatic N) is 1. The number of thiazole rings is 1. The molecule has 0 fully saturated rings. The zero-order valence-electron chi connectivity index (χ0n) is 8.26. The monoisotopic (exact) mass is 309 g/mol. The van der Waals surface area contributed by atoms with Crippen molar-refractivity contribution in [3.63, 3.8) is 0 Å². The van der Waals surface area contributed by atoms with E-state index in [4.69, 9.17) is 34.8 Å². The van der Waals surface area contributed by atoms with Crippen molar-refractivity contribution in [3.8, 4) is 0 Å². The predicted molar refractivity (Wildman–Crippen MR) is 71.5 cm³/mol. The van der Waals surface area contributed by atoms with Gasteiger partial charge in [0.15, 0.2) is 0 Å². The Morgan fingerprint density at radius 1 is 1.35 bits per heavy atom. The van der Waals surface area contributed by atoms with Crippen LogP contribution in [0.3, 0.4) is 0 Å². The van der Waals surface area contributed by atoms with E-state index in [0.29, 0.717) is 22.4 Å². The van der Waals surface area contributed by atoms with E-state index in [0.717, 1.165) is 17.0 Å². The minimum Gasteiger partial charge on any atom is -0.363 e. The Hall–Kier alpha value is -0.750. The largest absolute Gasteiger partial charge is 0.363 e. The average Bonchev–Trinajstić information content (AvgIpc) is 2.68.